The van der Waals surface area contributed by atoms with Crippen LogP contribution in [0.4, 0.5) is 13.2 Å². The molecule has 0 unspecified atom stereocenters. The Kier molecular flexibility index (Phi) is 3.47. The summed E-state index contributed by atoms with van der Waals surface area (Å²) in [6.07, 6.45) is -2.43. The first-order valence-electron chi connectivity index (χ1n) is 5.52. The van der Waals surface area contributed by atoms with Crippen molar-refractivity contribution in [3.63, 3.8) is 0 Å². The normalized spacial score (nSPS) is 15.5. The minimum Gasteiger partial charge on any atom is -0.493 e. The number of halogens is 3. The van der Waals surface area contributed by atoms with Gasteiger partial charge in [-0.1, -0.05) is 12.2 Å². The van der Waals surface area contributed by atoms with Crippen LogP contribution in [-0.4, -0.2) is 11.6 Å². The number of ether oxygens (including phenoxy) is 1. The van der Waals surface area contributed by atoms with E-state index in [0.29, 0.717) is 12.5 Å². The lowest BCUT2D eigenvalue weighted by Gasteiger charge is -2.15. The molecule has 0 spiro atoms. The summed E-state index contributed by atoms with van der Waals surface area (Å²) in [5.74, 6) is 0.232. The molecule has 2 nitrogen and oxygen atoms in total. The highest BCUT2D eigenvalue weighted by molar-refractivity contribution is 7.80. The number of hydrogen-bond donors (Lipinski definition) is 1. The van der Waals surface area contributed by atoms with E-state index in [0.717, 1.165) is 18.9 Å². The van der Waals surface area contributed by atoms with E-state index >= 15 is 0 Å². The summed E-state index contributed by atoms with van der Waals surface area (Å²) in [5, 5.41) is 0. The third kappa shape index (κ3) is 3.13. The van der Waals surface area contributed by atoms with Gasteiger partial charge in [0.15, 0.2) is 0 Å². The molecule has 18 heavy (non-hydrogen) atoms. The summed E-state index contributed by atoms with van der Waals surface area (Å²) in [4.78, 5) is -0.0609. The summed E-state index contributed by atoms with van der Waals surface area (Å²) in [5.41, 5.74) is 4.70. The van der Waals surface area contributed by atoms with Crippen molar-refractivity contribution in [2.45, 2.75) is 19.0 Å². The van der Waals surface area contributed by atoms with Gasteiger partial charge in [-0.2, -0.15) is 13.2 Å². The van der Waals surface area contributed by atoms with Gasteiger partial charge in [-0.3, -0.25) is 0 Å². The fourth-order valence-electron chi connectivity index (χ4n) is 1.52. The van der Waals surface area contributed by atoms with E-state index in [2.05, 4.69) is 12.2 Å². The Morgan fingerprint density at radius 1 is 1.39 bits per heavy atom. The summed E-state index contributed by atoms with van der Waals surface area (Å²) >= 11 is 4.67. The largest absolute Gasteiger partial charge is 0.493 e. The van der Waals surface area contributed by atoms with E-state index in [9.17, 15) is 13.2 Å². The van der Waals surface area contributed by atoms with Crippen LogP contribution in [0.15, 0.2) is 18.2 Å². The second-order valence-electron chi connectivity index (χ2n) is 4.33. The lowest BCUT2D eigenvalue weighted by Crippen LogP contribution is -2.14. The van der Waals surface area contributed by atoms with E-state index in [1.807, 2.05) is 0 Å². The van der Waals surface area contributed by atoms with E-state index in [-0.39, 0.29) is 16.3 Å². The van der Waals surface area contributed by atoms with Gasteiger partial charge in [-0.05, 0) is 37.0 Å². The van der Waals surface area contributed by atoms with Crippen molar-refractivity contribution in [2.75, 3.05) is 6.61 Å². The van der Waals surface area contributed by atoms with Gasteiger partial charge in [-0.15, -0.1) is 0 Å². The molecule has 1 saturated carbocycles. The van der Waals surface area contributed by atoms with Gasteiger partial charge in [-0.25, -0.2) is 0 Å². The van der Waals surface area contributed by atoms with Crippen LogP contribution in [0, 0.1) is 5.92 Å². The minimum atomic E-state index is -4.47. The number of nitrogens with two attached hydrogens (primary N) is 1. The van der Waals surface area contributed by atoms with Crippen molar-refractivity contribution in [2.24, 2.45) is 11.7 Å². The average molecular weight is 275 g/mol. The first kappa shape index (κ1) is 13.1. The SMILES string of the molecule is NC(=S)c1ccc(OCC2CC2)c(C(F)(F)F)c1. The summed E-state index contributed by atoms with van der Waals surface area (Å²) in [6.45, 7) is 0.329. The molecule has 2 N–H and O–H groups in total. The van der Waals surface area contributed by atoms with Crippen LogP contribution in [0.3, 0.4) is 0 Å². The molecule has 0 atom stereocenters. The lowest BCUT2D eigenvalue weighted by molar-refractivity contribution is -0.139. The van der Waals surface area contributed by atoms with Crippen LogP contribution >= 0.6 is 12.2 Å². The van der Waals surface area contributed by atoms with Crippen molar-refractivity contribution >= 4 is 17.2 Å². The predicted molar refractivity (Wildman–Crippen MR) is 65.6 cm³/mol. The molecular formula is C12H12F3NOS. The van der Waals surface area contributed by atoms with Crippen LogP contribution in [0.1, 0.15) is 24.0 Å². The van der Waals surface area contributed by atoms with Crippen molar-refractivity contribution in [1.29, 1.82) is 0 Å². The molecule has 0 amide bonds. The zero-order valence-electron chi connectivity index (χ0n) is 9.46. The van der Waals surface area contributed by atoms with E-state index in [1.54, 1.807) is 0 Å². The van der Waals surface area contributed by atoms with E-state index in [4.69, 9.17) is 10.5 Å². The zero-order chi connectivity index (χ0) is 13.3. The minimum absolute atomic E-state index is 0.0609. The molecule has 1 aliphatic carbocycles. The molecule has 0 heterocycles. The Morgan fingerprint density at radius 2 is 2.06 bits per heavy atom. The van der Waals surface area contributed by atoms with Gasteiger partial charge in [0.25, 0.3) is 0 Å². The van der Waals surface area contributed by atoms with Gasteiger partial charge >= 0.3 is 6.18 Å². The smallest absolute Gasteiger partial charge is 0.419 e. The second-order valence-corrected chi connectivity index (χ2v) is 4.77. The maximum Gasteiger partial charge on any atom is 0.419 e. The quantitative estimate of drug-likeness (QED) is 0.857. The predicted octanol–water partition coefficient (Wildman–Crippen LogP) is 3.13. The molecule has 0 saturated heterocycles. The third-order valence-electron chi connectivity index (χ3n) is 2.74. The Labute approximate surface area is 108 Å². The Morgan fingerprint density at radius 3 is 2.56 bits per heavy atom. The van der Waals surface area contributed by atoms with Crippen LogP contribution in [0.25, 0.3) is 0 Å². The van der Waals surface area contributed by atoms with Crippen molar-refractivity contribution < 1.29 is 17.9 Å². The molecule has 1 fully saturated rings. The number of rotatable bonds is 4. The molecule has 98 valence electrons. The summed E-state index contributed by atoms with van der Waals surface area (Å²) < 4.78 is 43.8. The molecule has 1 aromatic carbocycles. The molecular weight excluding hydrogens is 263 g/mol. The van der Waals surface area contributed by atoms with Crippen molar-refractivity contribution in [3.8, 4) is 5.75 Å². The Bertz CT molecular complexity index is 469. The maximum atomic E-state index is 12.9. The average Bonchev–Trinajstić information content (AvgIpc) is 3.08. The van der Waals surface area contributed by atoms with Crippen LogP contribution in [0.2, 0.25) is 0 Å². The summed E-state index contributed by atoms with van der Waals surface area (Å²) in [7, 11) is 0. The molecule has 0 bridgehead atoms. The number of benzene rings is 1. The first-order chi connectivity index (χ1) is 8.38. The topological polar surface area (TPSA) is 35.2 Å². The third-order valence-corrected chi connectivity index (χ3v) is 2.98. The lowest BCUT2D eigenvalue weighted by atomic mass is 10.1. The number of alkyl halides is 3. The van der Waals surface area contributed by atoms with Gasteiger partial charge in [0.1, 0.15) is 10.7 Å². The van der Waals surface area contributed by atoms with E-state index in [1.165, 1.54) is 12.1 Å². The molecule has 0 aliphatic heterocycles. The van der Waals surface area contributed by atoms with E-state index < -0.39 is 11.7 Å². The van der Waals surface area contributed by atoms with Crippen LogP contribution in [-0.2, 0) is 6.18 Å². The fraction of sp³-hybridized carbons (Fsp3) is 0.417. The second kappa shape index (κ2) is 4.76. The highest BCUT2D eigenvalue weighted by Crippen LogP contribution is 2.38. The van der Waals surface area contributed by atoms with Gasteiger partial charge < -0.3 is 10.5 Å². The molecule has 2 rings (SSSR count). The molecule has 6 heteroatoms. The standard InChI is InChI=1S/C12H12F3NOS/c13-12(14,15)9-5-8(11(16)18)3-4-10(9)17-6-7-1-2-7/h3-5,7H,1-2,6H2,(H2,16,18). The monoisotopic (exact) mass is 275 g/mol. The van der Waals surface area contributed by atoms with Crippen LogP contribution in [0.5, 0.6) is 5.75 Å². The zero-order valence-corrected chi connectivity index (χ0v) is 10.3. The Hall–Kier alpha value is -1.30. The van der Waals surface area contributed by atoms with Gasteiger partial charge in [0.2, 0.25) is 0 Å². The molecule has 0 radical (unpaired) electrons. The van der Waals surface area contributed by atoms with Crippen molar-refractivity contribution in [3.05, 3.63) is 29.3 Å². The fourth-order valence-corrected chi connectivity index (χ4v) is 1.65. The molecule has 1 aromatic rings. The van der Waals surface area contributed by atoms with Gasteiger partial charge in [0, 0.05) is 5.56 Å². The van der Waals surface area contributed by atoms with Gasteiger partial charge in [0.05, 0.1) is 12.2 Å². The molecule has 1 aliphatic rings. The number of thiocarbonyl (C=S) groups is 1. The Balaban J connectivity index is 2.28. The first-order valence-corrected chi connectivity index (χ1v) is 5.92. The highest BCUT2D eigenvalue weighted by atomic mass is 32.1. The number of hydrogen-bond acceptors (Lipinski definition) is 2. The summed E-state index contributed by atoms with van der Waals surface area (Å²) in [6, 6.07) is 3.66. The maximum absolute atomic E-state index is 12.9. The van der Waals surface area contributed by atoms with Crippen LogP contribution < -0.4 is 10.5 Å². The molecule has 0 aromatic heterocycles. The van der Waals surface area contributed by atoms with Crippen molar-refractivity contribution in [1.82, 2.24) is 0 Å². The highest BCUT2D eigenvalue weighted by Gasteiger charge is 2.35.